The summed E-state index contributed by atoms with van der Waals surface area (Å²) in [6.07, 6.45) is 1.30. The number of rotatable bonds is 5. The molecule has 1 amide bonds. The predicted molar refractivity (Wildman–Crippen MR) is 66.3 cm³/mol. The molecule has 7 heteroatoms. The topological polar surface area (TPSA) is 115 Å². The number of hydrogen-bond acceptors (Lipinski definition) is 5. The van der Waals surface area contributed by atoms with E-state index in [2.05, 4.69) is 5.32 Å². The average molecular weight is 257 g/mol. The van der Waals surface area contributed by atoms with E-state index in [1.807, 2.05) is 0 Å². The second-order valence-electron chi connectivity index (χ2n) is 3.66. The first-order valence-corrected chi connectivity index (χ1v) is 6.81. The molecule has 0 saturated carbocycles. The number of nitrogen functional groups attached to an aromatic ring is 1. The molecule has 0 saturated heterocycles. The fraction of sp³-hybridized carbons (Fsp3) is 0.300. The Hall–Kier alpha value is -1.76. The number of nitrogens with two attached hydrogens (primary N) is 2. The summed E-state index contributed by atoms with van der Waals surface area (Å²) in [5, 5.41) is 2.90. The van der Waals surface area contributed by atoms with Gasteiger partial charge < -0.3 is 16.8 Å². The van der Waals surface area contributed by atoms with E-state index >= 15 is 0 Å². The van der Waals surface area contributed by atoms with E-state index in [4.69, 9.17) is 11.5 Å². The smallest absolute Gasteiger partial charge is 0.219 e. The van der Waals surface area contributed by atoms with Crippen molar-refractivity contribution in [2.75, 3.05) is 23.9 Å². The number of hydrogen-bond donors (Lipinski definition) is 3. The van der Waals surface area contributed by atoms with Gasteiger partial charge >= 0.3 is 0 Å². The fourth-order valence-electron chi connectivity index (χ4n) is 1.25. The summed E-state index contributed by atoms with van der Waals surface area (Å²) < 4.78 is 22.5. The zero-order chi connectivity index (χ0) is 13.1. The highest BCUT2D eigenvalue weighted by atomic mass is 32.2. The zero-order valence-corrected chi connectivity index (χ0v) is 10.3. The van der Waals surface area contributed by atoms with Crippen LogP contribution >= 0.6 is 0 Å². The SMILES string of the molecule is CS(=O)(=O)c1ccc(NCCC(N)=O)c(N)c1. The third-order valence-electron chi connectivity index (χ3n) is 2.14. The van der Waals surface area contributed by atoms with Crippen LogP contribution in [-0.4, -0.2) is 27.1 Å². The van der Waals surface area contributed by atoms with Crippen LogP contribution in [-0.2, 0) is 14.6 Å². The fourth-order valence-corrected chi connectivity index (χ4v) is 1.91. The van der Waals surface area contributed by atoms with Crippen molar-refractivity contribution >= 4 is 27.1 Å². The standard InChI is InChI=1S/C10H15N3O3S/c1-17(15,16)7-2-3-9(8(11)6-7)13-5-4-10(12)14/h2-3,6,13H,4-5,11H2,1H3,(H2,12,14). The Morgan fingerprint density at radius 3 is 2.53 bits per heavy atom. The quantitative estimate of drug-likeness (QED) is 0.640. The Kier molecular flexibility index (Phi) is 3.95. The number of anilines is 2. The highest BCUT2D eigenvalue weighted by molar-refractivity contribution is 7.90. The molecule has 17 heavy (non-hydrogen) atoms. The summed E-state index contributed by atoms with van der Waals surface area (Å²) >= 11 is 0. The first-order chi connectivity index (χ1) is 7.80. The van der Waals surface area contributed by atoms with Gasteiger partial charge in [0.05, 0.1) is 16.3 Å². The van der Waals surface area contributed by atoms with Crippen LogP contribution in [0, 0.1) is 0 Å². The summed E-state index contributed by atoms with van der Waals surface area (Å²) in [6.45, 7) is 0.359. The lowest BCUT2D eigenvalue weighted by molar-refractivity contribution is -0.117. The average Bonchev–Trinajstić information content (AvgIpc) is 2.18. The van der Waals surface area contributed by atoms with Crippen molar-refractivity contribution in [3.63, 3.8) is 0 Å². The second kappa shape index (κ2) is 5.05. The van der Waals surface area contributed by atoms with Crippen molar-refractivity contribution in [1.82, 2.24) is 0 Å². The van der Waals surface area contributed by atoms with Crippen LogP contribution in [0.1, 0.15) is 6.42 Å². The van der Waals surface area contributed by atoms with Crippen molar-refractivity contribution in [1.29, 1.82) is 0 Å². The highest BCUT2D eigenvalue weighted by Crippen LogP contribution is 2.22. The van der Waals surface area contributed by atoms with Crippen LogP contribution in [0.4, 0.5) is 11.4 Å². The first kappa shape index (κ1) is 13.3. The van der Waals surface area contributed by atoms with E-state index in [9.17, 15) is 13.2 Å². The Bertz CT molecular complexity index is 526. The molecule has 0 aliphatic heterocycles. The van der Waals surface area contributed by atoms with Gasteiger partial charge in [0.2, 0.25) is 5.91 Å². The maximum atomic E-state index is 11.3. The maximum absolute atomic E-state index is 11.3. The lowest BCUT2D eigenvalue weighted by Gasteiger charge is -2.09. The number of carbonyl (C=O) groups is 1. The number of nitrogens with one attached hydrogen (secondary N) is 1. The van der Waals surface area contributed by atoms with Crippen LogP contribution in [0.2, 0.25) is 0 Å². The van der Waals surface area contributed by atoms with Gasteiger partial charge in [-0.25, -0.2) is 8.42 Å². The number of benzene rings is 1. The van der Waals surface area contributed by atoms with Gasteiger partial charge in [-0.1, -0.05) is 0 Å². The molecule has 94 valence electrons. The van der Waals surface area contributed by atoms with Gasteiger partial charge in [-0.05, 0) is 18.2 Å². The molecular formula is C10H15N3O3S. The molecule has 0 heterocycles. The molecule has 0 aliphatic carbocycles. The third kappa shape index (κ3) is 3.95. The van der Waals surface area contributed by atoms with Gasteiger partial charge in [-0.2, -0.15) is 0 Å². The lowest BCUT2D eigenvalue weighted by Crippen LogP contribution is -2.16. The minimum atomic E-state index is -3.26. The van der Waals surface area contributed by atoms with Gasteiger partial charge in [-0.3, -0.25) is 4.79 Å². The van der Waals surface area contributed by atoms with Crippen molar-refractivity contribution < 1.29 is 13.2 Å². The molecule has 5 N–H and O–H groups in total. The summed E-state index contributed by atoms with van der Waals surface area (Å²) in [5.74, 6) is -0.413. The minimum absolute atomic E-state index is 0.162. The minimum Gasteiger partial charge on any atom is -0.397 e. The summed E-state index contributed by atoms with van der Waals surface area (Å²) in [5.41, 5.74) is 11.6. The summed E-state index contributed by atoms with van der Waals surface area (Å²) in [7, 11) is -3.26. The largest absolute Gasteiger partial charge is 0.397 e. The van der Waals surface area contributed by atoms with Gasteiger partial charge in [0.1, 0.15) is 0 Å². The molecule has 6 nitrogen and oxygen atoms in total. The van der Waals surface area contributed by atoms with Crippen LogP contribution in [0.5, 0.6) is 0 Å². The van der Waals surface area contributed by atoms with Crippen molar-refractivity contribution in [3.8, 4) is 0 Å². The van der Waals surface area contributed by atoms with E-state index in [0.29, 0.717) is 17.9 Å². The Morgan fingerprint density at radius 2 is 2.06 bits per heavy atom. The summed E-state index contributed by atoms with van der Waals surface area (Å²) in [4.78, 5) is 10.7. The van der Waals surface area contributed by atoms with Gasteiger partial charge in [-0.15, -0.1) is 0 Å². The number of carbonyl (C=O) groups excluding carboxylic acids is 1. The summed E-state index contributed by atoms with van der Waals surface area (Å²) in [6, 6.07) is 4.40. The van der Waals surface area contributed by atoms with Gasteiger partial charge in [0, 0.05) is 19.2 Å². The Morgan fingerprint density at radius 1 is 1.41 bits per heavy atom. The second-order valence-corrected chi connectivity index (χ2v) is 5.68. The van der Waals surface area contributed by atoms with E-state index in [1.165, 1.54) is 12.1 Å². The molecule has 1 aromatic rings. The van der Waals surface area contributed by atoms with Crippen molar-refractivity contribution in [2.24, 2.45) is 5.73 Å². The van der Waals surface area contributed by atoms with Crippen LogP contribution in [0.25, 0.3) is 0 Å². The molecule has 0 aromatic heterocycles. The number of amides is 1. The Balaban J connectivity index is 2.80. The molecule has 1 aromatic carbocycles. The van der Waals surface area contributed by atoms with E-state index in [1.54, 1.807) is 6.07 Å². The van der Waals surface area contributed by atoms with Gasteiger partial charge in [0.25, 0.3) is 0 Å². The zero-order valence-electron chi connectivity index (χ0n) is 9.43. The third-order valence-corrected chi connectivity index (χ3v) is 3.25. The van der Waals surface area contributed by atoms with Gasteiger partial charge in [0.15, 0.2) is 9.84 Å². The number of sulfone groups is 1. The molecule has 0 atom stereocenters. The molecule has 0 fully saturated rings. The molecule has 0 spiro atoms. The van der Waals surface area contributed by atoms with E-state index < -0.39 is 15.7 Å². The monoisotopic (exact) mass is 257 g/mol. The normalized spacial score (nSPS) is 11.1. The maximum Gasteiger partial charge on any atom is 0.219 e. The highest BCUT2D eigenvalue weighted by Gasteiger charge is 2.09. The van der Waals surface area contributed by atoms with Crippen molar-refractivity contribution in [2.45, 2.75) is 11.3 Å². The molecule has 0 aliphatic rings. The molecule has 1 rings (SSSR count). The molecule has 0 bridgehead atoms. The van der Waals surface area contributed by atoms with Crippen LogP contribution in [0.3, 0.4) is 0 Å². The Labute approximate surface area is 99.9 Å². The lowest BCUT2D eigenvalue weighted by atomic mass is 10.2. The van der Waals surface area contributed by atoms with E-state index in [0.717, 1.165) is 6.26 Å². The number of primary amides is 1. The van der Waals surface area contributed by atoms with Crippen LogP contribution in [0.15, 0.2) is 23.1 Å². The molecule has 0 radical (unpaired) electrons. The molecular weight excluding hydrogens is 242 g/mol. The predicted octanol–water partition coefficient (Wildman–Crippen LogP) is -0.0404. The molecule has 0 unspecified atom stereocenters. The van der Waals surface area contributed by atoms with E-state index in [-0.39, 0.29) is 11.3 Å². The first-order valence-electron chi connectivity index (χ1n) is 4.92. The van der Waals surface area contributed by atoms with Crippen LogP contribution < -0.4 is 16.8 Å². The van der Waals surface area contributed by atoms with Crippen molar-refractivity contribution in [3.05, 3.63) is 18.2 Å².